The highest BCUT2D eigenvalue weighted by Crippen LogP contribution is 2.24. The van der Waals surface area contributed by atoms with Gasteiger partial charge in [0, 0.05) is 39.8 Å². The summed E-state index contributed by atoms with van der Waals surface area (Å²) in [7, 11) is 0. The molecule has 38 heavy (non-hydrogen) atoms. The van der Waals surface area contributed by atoms with Gasteiger partial charge in [-0.3, -0.25) is 14.9 Å². The van der Waals surface area contributed by atoms with Crippen LogP contribution < -0.4 is 10.6 Å². The summed E-state index contributed by atoms with van der Waals surface area (Å²) in [5, 5.41) is 11.1. The Bertz CT molecular complexity index is 1490. The molecule has 2 amide bonds. The van der Waals surface area contributed by atoms with Gasteiger partial charge in [0.25, 0.3) is 11.8 Å². The van der Waals surface area contributed by atoms with Crippen molar-refractivity contribution >= 4 is 52.7 Å². The van der Waals surface area contributed by atoms with E-state index in [-0.39, 0.29) is 28.1 Å². The number of carbonyl (C=O) groups is 2. The molecule has 4 rings (SSSR count). The predicted octanol–water partition coefficient (Wildman–Crippen LogP) is 5.99. The molecule has 2 N–H and O–H groups in total. The van der Waals surface area contributed by atoms with Gasteiger partial charge in [-0.1, -0.05) is 41.4 Å². The Labute approximate surface area is 235 Å². The highest BCUT2D eigenvalue weighted by molar-refractivity contribution is 7.98. The van der Waals surface area contributed by atoms with Crippen molar-refractivity contribution in [2.75, 3.05) is 17.3 Å². The Morgan fingerprint density at radius 3 is 2.47 bits per heavy atom. The van der Waals surface area contributed by atoms with E-state index in [1.54, 1.807) is 47.6 Å². The van der Waals surface area contributed by atoms with E-state index in [1.165, 1.54) is 0 Å². The molecule has 11 heteroatoms. The molecule has 0 aliphatic carbocycles. The van der Waals surface area contributed by atoms with E-state index in [2.05, 4.69) is 25.7 Å². The van der Waals surface area contributed by atoms with Crippen LogP contribution in [0.2, 0.25) is 10.0 Å². The molecule has 0 spiro atoms. The number of carbonyl (C=O) groups excluding carboxylic acids is 2. The average molecular weight is 570 g/mol. The Morgan fingerprint density at radius 2 is 1.76 bits per heavy atom. The zero-order chi connectivity index (χ0) is 27.4. The fourth-order valence-electron chi connectivity index (χ4n) is 3.89. The van der Waals surface area contributed by atoms with Crippen molar-refractivity contribution < 1.29 is 9.59 Å². The van der Waals surface area contributed by atoms with E-state index in [4.69, 9.17) is 23.2 Å². The number of amides is 2. The third-order valence-electron chi connectivity index (χ3n) is 5.59. The minimum atomic E-state index is -0.550. The van der Waals surface area contributed by atoms with Gasteiger partial charge in [0.1, 0.15) is 0 Å². The second kappa shape index (κ2) is 12.0. The van der Waals surface area contributed by atoms with Gasteiger partial charge < -0.3 is 5.32 Å². The number of hydrogen-bond acceptors (Lipinski definition) is 6. The molecule has 0 aliphatic heterocycles. The third-order valence-corrected chi connectivity index (χ3v) is 6.99. The zero-order valence-electron chi connectivity index (χ0n) is 21.3. The largest absolute Gasteiger partial charge is 0.349 e. The SMILES string of the molecule is CSC[C@H](C)NC(=O)c1c(Cl)cccc1C(=O)Nc1nc(C)cc(-n2nc(-c3ccc(Cl)cc3)cc2C)n1. The van der Waals surface area contributed by atoms with Crippen molar-refractivity contribution in [2.24, 2.45) is 0 Å². The maximum Gasteiger partial charge on any atom is 0.258 e. The van der Waals surface area contributed by atoms with Crippen molar-refractivity contribution in [2.45, 2.75) is 26.8 Å². The van der Waals surface area contributed by atoms with Crippen LogP contribution in [0.1, 0.15) is 39.0 Å². The lowest BCUT2D eigenvalue weighted by atomic mass is 10.1. The minimum Gasteiger partial charge on any atom is -0.349 e. The molecule has 1 atom stereocenters. The van der Waals surface area contributed by atoms with E-state index in [0.29, 0.717) is 16.5 Å². The first-order valence-corrected chi connectivity index (χ1v) is 13.9. The van der Waals surface area contributed by atoms with Crippen LogP contribution in [0.15, 0.2) is 54.6 Å². The predicted molar refractivity (Wildman–Crippen MR) is 154 cm³/mol. The number of aryl methyl sites for hydroxylation is 2. The van der Waals surface area contributed by atoms with Crippen LogP contribution in [0, 0.1) is 13.8 Å². The molecule has 0 saturated carbocycles. The lowest BCUT2D eigenvalue weighted by Gasteiger charge is -2.16. The number of benzene rings is 2. The first-order chi connectivity index (χ1) is 18.2. The fourth-order valence-corrected chi connectivity index (χ4v) is 4.85. The molecule has 2 aromatic heterocycles. The monoisotopic (exact) mass is 568 g/mol. The van der Waals surface area contributed by atoms with E-state index in [1.807, 2.05) is 50.4 Å². The van der Waals surface area contributed by atoms with E-state index in [9.17, 15) is 9.59 Å². The number of thioether (sulfide) groups is 1. The molecule has 2 heterocycles. The number of halogens is 2. The normalized spacial score (nSPS) is 11.7. The fraction of sp³-hybridized carbons (Fsp3) is 0.222. The van der Waals surface area contributed by atoms with Crippen molar-refractivity contribution in [1.29, 1.82) is 0 Å². The summed E-state index contributed by atoms with van der Waals surface area (Å²) in [6.45, 7) is 5.60. The minimum absolute atomic E-state index is 0.0787. The maximum atomic E-state index is 13.3. The van der Waals surface area contributed by atoms with Crippen LogP contribution in [-0.2, 0) is 0 Å². The summed E-state index contributed by atoms with van der Waals surface area (Å²) in [4.78, 5) is 35.1. The van der Waals surface area contributed by atoms with E-state index >= 15 is 0 Å². The number of aromatic nitrogens is 4. The standard InChI is InChI=1S/C27H26Cl2N6O2S/c1-15-12-23(35-17(3)13-22(34-35)18-8-10-19(28)11-9-18)32-27(31-15)33-25(36)20-6-5-7-21(29)24(20)26(37)30-16(2)14-38-4/h5-13,16H,14H2,1-4H3,(H,30,37)(H,31,32,33,36)/t16-/m0/s1. The highest BCUT2D eigenvalue weighted by Gasteiger charge is 2.22. The summed E-state index contributed by atoms with van der Waals surface area (Å²) >= 11 is 14.0. The molecule has 4 aromatic rings. The topological polar surface area (TPSA) is 102 Å². The lowest BCUT2D eigenvalue weighted by Crippen LogP contribution is -2.35. The van der Waals surface area contributed by atoms with Crippen molar-refractivity contribution in [3.63, 3.8) is 0 Å². The molecular weight excluding hydrogens is 543 g/mol. The van der Waals surface area contributed by atoms with Crippen molar-refractivity contribution in [3.8, 4) is 17.1 Å². The Hall–Kier alpha value is -3.40. The summed E-state index contributed by atoms with van der Waals surface area (Å²) in [6.07, 6.45) is 1.95. The summed E-state index contributed by atoms with van der Waals surface area (Å²) < 4.78 is 1.68. The quantitative estimate of drug-likeness (QED) is 0.271. The number of nitrogens with one attached hydrogen (secondary N) is 2. The van der Waals surface area contributed by atoms with Crippen LogP contribution in [0.25, 0.3) is 17.1 Å². The van der Waals surface area contributed by atoms with Crippen LogP contribution in [0.5, 0.6) is 0 Å². The van der Waals surface area contributed by atoms with Gasteiger partial charge in [0.2, 0.25) is 5.95 Å². The third kappa shape index (κ3) is 6.35. The van der Waals surface area contributed by atoms with Crippen molar-refractivity contribution in [3.05, 3.63) is 87.2 Å². The van der Waals surface area contributed by atoms with Crippen LogP contribution in [-0.4, -0.2) is 49.6 Å². The molecule has 0 saturated heterocycles. The lowest BCUT2D eigenvalue weighted by molar-refractivity contribution is 0.0931. The summed E-state index contributed by atoms with van der Waals surface area (Å²) in [5.41, 5.74) is 3.36. The molecule has 196 valence electrons. The van der Waals surface area contributed by atoms with Gasteiger partial charge >= 0.3 is 0 Å². The van der Waals surface area contributed by atoms with Gasteiger partial charge in [0.15, 0.2) is 5.82 Å². The van der Waals surface area contributed by atoms with Gasteiger partial charge in [-0.15, -0.1) is 0 Å². The summed E-state index contributed by atoms with van der Waals surface area (Å²) in [5.74, 6) is 0.320. The van der Waals surface area contributed by atoms with Gasteiger partial charge in [0.05, 0.1) is 21.8 Å². The number of anilines is 1. The molecule has 0 fully saturated rings. The molecule has 2 aromatic carbocycles. The second-order valence-corrected chi connectivity index (χ2v) is 10.5. The molecule has 0 unspecified atom stereocenters. The Morgan fingerprint density at radius 1 is 1.03 bits per heavy atom. The highest BCUT2D eigenvalue weighted by atomic mass is 35.5. The summed E-state index contributed by atoms with van der Waals surface area (Å²) in [6, 6.07) is 15.8. The maximum absolute atomic E-state index is 13.3. The Balaban J connectivity index is 1.62. The van der Waals surface area contributed by atoms with Gasteiger partial charge in [-0.2, -0.15) is 21.8 Å². The van der Waals surface area contributed by atoms with Gasteiger partial charge in [-0.25, -0.2) is 9.67 Å². The molecule has 8 nitrogen and oxygen atoms in total. The first kappa shape index (κ1) is 27.6. The Kier molecular flexibility index (Phi) is 8.71. The second-order valence-electron chi connectivity index (χ2n) is 8.73. The first-order valence-electron chi connectivity index (χ1n) is 11.7. The smallest absolute Gasteiger partial charge is 0.258 e. The zero-order valence-corrected chi connectivity index (χ0v) is 23.6. The number of rotatable bonds is 8. The average Bonchev–Trinajstić information content (AvgIpc) is 3.25. The molecule has 0 radical (unpaired) electrons. The van der Waals surface area contributed by atoms with Crippen LogP contribution in [0.4, 0.5) is 5.95 Å². The molecular formula is C27H26Cl2N6O2S. The van der Waals surface area contributed by atoms with E-state index in [0.717, 1.165) is 22.7 Å². The van der Waals surface area contributed by atoms with E-state index < -0.39 is 11.8 Å². The van der Waals surface area contributed by atoms with Crippen LogP contribution >= 0.6 is 35.0 Å². The number of nitrogens with zero attached hydrogens (tertiary/aromatic N) is 4. The molecule has 0 bridgehead atoms. The van der Waals surface area contributed by atoms with Crippen LogP contribution in [0.3, 0.4) is 0 Å². The van der Waals surface area contributed by atoms with Crippen molar-refractivity contribution in [1.82, 2.24) is 25.1 Å². The van der Waals surface area contributed by atoms with Gasteiger partial charge in [-0.05, 0) is 57.4 Å². The number of hydrogen-bond donors (Lipinski definition) is 2. The molecule has 0 aliphatic rings.